The zero-order valence-corrected chi connectivity index (χ0v) is 12.4. The van der Waals surface area contributed by atoms with Crippen molar-refractivity contribution in [1.82, 2.24) is 0 Å². The van der Waals surface area contributed by atoms with Gasteiger partial charge >= 0.3 is 0 Å². The molecule has 0 spiro atoms. The minimum absolute atomic E-state index is 0.234. The normalized spacial score (nSPS) is 16.7. The van der Waals surface area contributed by atoms with Crippen molar-refractivity contribution in [3.8, 4) is 0 Å². The molecule has 0 heterocycles. The smallest absolute Gasteiger partial charge is 0.152 e. The lowest BCUT2D eigenvalue weighted by molar-refractivity contribution is 0.559. The highest BCUT2D eigenvalue weighted by Crippen LogP contribution is 2.26. The number of nitrogens with one attached hydrogen (secondary N) is 1. The van der Waals surface area contributed by atoms with Crippen molar-refractivity contribution < 1.29 is 8.42 Å². The standard InChI is InChI=1S/C15H23NO2S/c1-13-5-4-8-15(11-13)16-9-10-19(17,18)12-14-6-2-3-7-14/h4-5,8,11,14,16H,2-3,6-7,9-10,12H2,1H3. The second-order valence-corrected chi connectivity index (χ2v) is 7.79. The molecule has 19 heavy (non-hydrogen) atoms. The van der Waals surface area contributed by atoms with Gasteiger partial charge in [0.2, 0.25) is 0 Å². The monoisotopic (exact) mass is 281 g/mol. The van der Waals surface area contributed by atoms with Crippen LogP contribution in [-0.2, 0) is 9.84 Å². The molecule has 0 saturated heterocycles. The maximum Gasteiger partial charge on any atom is 0.152 e. The summed E-state index contributed by atoms with van der Waals surface area (Å²) in [6, 6.07) is 8.01. The molecule has 1 aromatic carbocycles. The van der Waals surface area contributed by atoms with E-state index in [1.807, 2.05) is 31.2 Å². The highest BCUT2D eigenvalue weighted by Gasteiger charge is 2.22. The number of hydrogen-bond donors (Lipinski definition) is 1. The summed E-state index contributed by atoms with van der Waals surface area (Å²) in [5.74, 6) is 1.02. The zero-order valence-electron chi connectivity index (χ0n) is 11.6. The van der Waals surface area contributed by atoms with Crippen LogP contribution in [0.3, 0.4) is 0 Å². The van der Waals surface area contributed by atoms with Crippen LogP contribution in [0.5, 0.6) is 0 Å². The molecule has 0 atom stereocenters. The van der Waals surface area contributed by atoms with Crippen LogP contribution in [0.1, 0.15) is 31.2 Å². The van der Waals surface area contributed by atoms with Crippen LogP contribution in [0.15, 0.2) is 24.3 Å². The molecule has 1 aliphatic carbocycles. The van der Waals surface area contributed by atoms with Crippen molar-refractivity contribution in [2.24, 2.45) is 5.92 Å². The third-order valence-electron chi connectivity index (χ3n) is 3.72. The summed E-state index contributed by atoms with van der Waals surface area (Å²) in [4.78, 5) is 0. The molecule has 1 saturated carbocycles. The Morgan fingerprint density at radius 2 is 2.00 bits per heavy atom. The van der Waals surface area contributed by atoms with E-state index in [0.29, 0.717) is 18.2 Å². The van der Waals surface area contributed by atoms with Gasteiger partial charge in [-0.2, -0.15) is 0 Å². The topological polar surface area (TPSA) is 46.2 Å². The molecule has 1 aromatic rings. The van der Waals surface area contributed by atoms with E-state index >= 15 is 0 Å². The molecular formula is C15H23NO2S. The first-order valence-electron chi connectivity index (χ1n) is 7.06. The summed E-state index contributed by atoms with van der Waals surface area (Å²) in [7, 11) is -2.91. The van der Waals surface area contributed by atoms with Gasteiger partial charge in [0.1, 0.15) is 0 Å². The molecule has 1 fully saturated rings. The van der Waals surface area contributed by atoms with Gasteiger partial charge in [0, 0.05) is 12.2 Å². The summed E-state index contributed by atoms with van der Waals surface area (Å²) in [5.41, 5.74) is 2.18. The molecule has 0 aliphatic heterocycles. The van der Waals surface area contributed by atoms with Crippen LogP contribution in [-0.4, -0.2) is 26.5 Å². The fraction of sp³-hybridized carbons (Fsp3) is 0.600. The molecular weight excluding hydrogens is 258 g/mol. The first-order chi connectivity index (χ1) is 9.05. The van der Waals surface area contributed by atoms with Gasteiger partial charge in [0.25, 0.3) is 0 Å². The van der Waals surface area contributed by atoms with Gasteiger partial charge in [-0.05, 0) is 43.4 Å². The van der Waals surface area contributed by atoms with Crippen LogP contribution in [0, 0.1) is 12.8 Å². The van der Waals surface area contributed by atoms with E-state index in [1.165, 1.54) is 18.4 Å². The number of anilines is 1. The first-order valence-corrected chi connectivity index (χ1v) is 8.88. The minimum Gasteiger partial charge on any atom is -0.384 e. The van der Waals surface area contributed by atoms with Gasteiger partial charge in [0.15, 0.2) is 9.84 Å². The Labute approximate surface area is 116 Å². The fourth-order valence-corrected chi connectivity index (χ4v) is 4.36. The number of sulfone groups is 1. The van der Waals surface area contributed by atoms with Crippen molar-refractivity contribution in [2.45, 2.75) is 32.6 Å². The lowest BCUT2D eigenvalue weighted by Crippen LogP contribution is -2.22. The molecule has 106 valence electrons. The Balaban J connectivity index is 1.78. The average Bonchev–Trinajstić information content (AvgIpc) is 2.80. The predicted molar refractivity (Wildman–Crippen MR) is 80.3 cm³/mol. The summed E-state index contributed by atoms with van der Waals surface area (Å²) in [5, 5.41) is 3.19. The largest absolute Gasteiger partial charge is 0.384 e. The Kier molecular flexibility index (Phi) is 4.86. The quantitative estimate of drug-likeness (QED) is 0.872. The molecule has 1 aliphatic rings. The lowest BCUT2D eigenvalue weighted by Gasteiger charge is -2.11. The van der Waals surface area contributed by atoms with Crippen molar-refractivity contribution >= 4 is 15.5 Å². The molecule has 0 radical (unpaired) electrons. The van der Waals surface area contributed by atoms with Crippen LogP contribution in [0.4, 0.5) is 5.69 Å². The third kappa shape index (κ3) is 4.86. The van der Waals surface area contributed by atoms with E-state index in [2.05, 4.69) is 5.32 Å². The van der Waals surface area contributed by atoms with Crippen LogP contribution in [0.25, 0.3) is 0 Å². The van der Waals surface area contributed by atoms with Crippen LogP contribution in [0.2, 0.25) is 0 Å². The second-order valence-electron chi connectivity index (χ2n) is 5.56. The van der Waals surface area contributed by atoms with Crippen molar-refractivity contribution in [3.63, 3.8) is 0 Å². The average molecular weight is 281 g/mol. The van der Waals surface area contributed by atoms with Crippen molar-refractivity contribution in [3.05, 3.63) is 29.8 Å². The Morgan fingerprint density at radius 1 is 1.26 bits per heavy atom. The highest BCUT2D eigenvalue weighted by molar-refractivity contribution is 7.91. The zero-order chi connectivity index (χ0) is 13.7. The predicted octanol–water partition coefficient (Wildman–Crippen LogP) is 3.01. The Bertz CT molecular complexity index is 505. The third-order valence-corrected chi connectivity index (χ3v) is 5.53. The number of rotatable bonds is 6. The Morgan fingerprint density at radius 3 is 2.68 bits per heavy atom. The first kappa shape index (κ1) is 14.4. The SMILES string of the molecule is Cc1cccc(NCCS(=O)(=O)CC2CCCC2)c1. The van der Waals surface area contributed by atoms with E-state index in [-0.39, 0.29) is 5.75 Å². The van der Waals surface area contributed by atoms with Crippen LogP contribution < -0.4 is 5.32 Å². The summed E-state index contributed by atoms with van der Waals surface area (Å²) in [6.45, 7) is 2.53. The van der Waals surface area contributed by atoms with E-state index in [1.54, 1.807) is 0 Å². The van der Waals surface area contributed by atoms with Gasteiger partial charge in [0.05, 0.1) is 11.5 Å². The summed E-state index contributed by atoms with van der Waals surface area (Å²) in [6.07, 6.45) is 4.57. The lowest BCUT2D eigenvalue weighted by atomic mass is 10.1. The molecule has 0 unspecified atom stereocenters. The highest BCUT2D eigenvalue weighted by atomic mass is 32.2. The Hall–Kier alpha value is -1.03. The molecule has 3 nitrogen and oxygen atoms in total. The molecule has 0 bridgehead atoms. The van der Waals surface area contributed by atoms with Gasteiger partial charge in [-0.3, -0.25) is 0 Å². The maximum atomic E-state index is 12.0. The van der Waals surface area contributed by atoms with Gasteiger partial charge in [-0.1, -0.05) is 25.0 Å². The minimum atomic E-state index is -2.91. The van der Waals surface area contributed by atoms with Crippen molar-refractivity contribution in [1.29, 1.82) is 0 Å². The number of aryl methyl sites for hydroxylation is 1. The van der Waals surface area contributed by atoms with Gasteiger partial charge < -0.3 is 5.32 Å². The molecule has 4 heteroatoms. The fourth-order valence-electron chi connectivity index (χ4n) is 2.73. The van der Waals surface area contributed by atoms with E-state index in [4.69, 9.17) is 0 Å². The second kappa shape index (κ2) is 6.42. The molecule has 1 N–H and O–H groups in total. The van der Waals surface area contributed by atoms with E-state index in [9.17, 15) is 8.42 Å². The summed E-state index contributed by atoms with van der Waals surface area (Å²) >= 11 is 0. The van der Waals surface area contributed by atoms with Crippen LogP contribution >= 0.6 is 0 Å². The van der Waals surface area contributed by atoms with E-state index in [0.717, 1.165) is 18.5 Å². The van der Waals surface area contributed by atoms with Crippen molar-refractivity contribution in [2.75, 3.05) is 23.4 Å². The summed E-state index contributed by atoms with van der Waals surface area (Å²) < 4.78 is 24.0. The molecule has 2 rings (SSSR count). The number of hydrogen-bond acceptors (Lipinski definition) is 3. The molecule has 0 amide bonds. The number of benzene rings is 1. The van der Waals surface area contributed by atoms with Gasteiger partial charge in [-0.25, -0.2) is 8.42 Å². The van der Waals surface area contributed by atoms with Gasteiger partial charge in [-0.15, -0.1) is 0 Å². The van der Waals surface area contributed by atoms with E-state index < -0.39 is 9.84 Å². The maximum absolute atomic E-state index is 12.0. The molecule has 0 aromatic heterocycles.